The number of anilines is 1. The van der Waals surface area contributed by atoms with Crippen LogP contribution in [0.4, 0.5) is 10.1 Å². The third kappa shape index (κ3) is 5.63. The zero-order chi connectivity index (χ0) is 14.8. The predicted octanol–water partition coefficient (Wildman–Crippen LogP) is 2.24. The summed E-state index contributed by atoms with van der Waals surface area (Å²) in [5.74, 6) is 0.0422. The molecule has 20 heavy (non-hydrogen) atoms. The smallest absolute Gasteiger partial charge is 0.167 e. The Balaban J connectivity index is 2.37. The number of hydrogen-bond donors (Lipinski definition) is 1. The Morgan fingerprint density at radius 1 is 1.05 bits per heavy atom. The lowest BCUT2D eigenvalue weighted by Crippen LogP contribution is -2.10. The second-order valence-corrected chi connectivity index (χ2v) is 4.06. The quantitative estimate of drug-likeness (QED) is 0.528. The summed E-state index contributed by atoms with van der Waals surface area (Å²) in [6, 6.07) is 2.65. The Hall–Kier alpha value is -1.53. The van der Waals surface area contributed by atoms with E-state index in [0.29, 0.717) is 38.8 Å². The third-order valence-corrected chi connectivity index (χ3v) is 2.49. The molecule has 0 heterocycles. The monoisotopic (exact) mass is 287 g/mol. The van der Waals surface area contributed by atoms with Gasteiger partial charge in [-0.25, -0.2) is 4.39 Å². The molecule has 0 saturated heterocycles. The minimum absolute atomic E-state index is 0.137. The van der Waals surface area contributed by atoms with Crippen molar-refractivity contribution in [2.24, 2.45) is 0 Å². The fourth-order valence-electron chi connectivity index (χ4n) is 1.56. The lowest BCUT2D eigenvalue weighted by Gasteiger charge is -2.12. The van der Waals surface area contributed by atoms with Gasteiger partial charge in [-0.15, -0.1) is 0 Å². The van der Waals surface area contributed by atoms with Gasteiger partial charge in [-0.05, 0) is 13.3 Å². The molecule has 6 heteroatoms. The Labute approximate surface area is 118 Å². The van der Waals surface area contributed by atoms with Crippen LogP contribution >= 0.6 is 0 Å². The van der Waals surface area contributed by atoms with Gasteiger partial charge in [-0.2, -0.15) is 0 Å². The van der Waals surface area contributed by atoms with Crippen molar-refractivity contribution in [3.8, 4) is 11.5 Å². The first kappa shape index (κ1) is 16.5. The van der Waals surface area contributed by atoms with Crippen LogP contribution in [-0.2, 0) is 9.47 Å². The summed E-state index contributed by atoms with van der Waals surface area (Å²) in [6.07, 6.45) is 0.837. The third-order valence-electron chi connectivity index (χ3n) is 2.49. The van der Waals surface area contributed by atoms with Gasteiger partial charge in [0.15, 0.2) is 11.6 Å². The summed E-state index contributed by atoms with van der Waals surface area (Å²) >= 11 is 0. The number of halogens is 1. The summed E-state index contributed by atoms with van der Waals surface area (Å²) in [5.41, 5.74) is 5.93. The Morgan fingerprint density at radius 3 is 2.55 bits per heavy atom. The van der Waals surface area contributed by atoms with Crippen LogP contribution in [0.2, 0.25) is 0 Å². The minimum Gasteiger partial charge on any atom is -0.491 e. The average Bonchev–Trinajstić information content (AvgIpc) is 2.42. The van der Waals surface area contributed by atoms with E-state index in [0.717, 1.165) is 6.42 Å². The Morgan fingerprint density at radius 2 is 1.85 bits per heavy atom. The van der Waals surface area contributed by atoms with Gasteiger partial charge >= 0.3 is 0 Å². The maximum absolute atomic E-state index is 13.5. The van der Waals surface area contributed by atoms with E-state index in [1.165, 1.54) is 12.1 Å². The van der Waals surface area contributed by atoms with Gasteiger partial charge in [-0.1, -0.05) is 0 Å². The highest BCUT2D eigenvalue weighted by molar-refractivity contribution is 5.56. The summed E-state index contributed by atoms with van der Waals surface area (Å²) in [5, 5.41) is 0. The molecule has 0 spiro atoms. The Bertz CT molecular complexity index is 401. The molecule has 5 nitrogen and oxygen atoms in total. The van der Waals surface area contributed by atoms with Crippen LogP contribution in [0.15, 0.2) is 12.1 Å². The number of nitrogens with two attached hydrogens (primary N) is 1. The minimum atomic E-state index is -0.493. The van der Waals surface area contributed by atoms with Crippen molar-refractivity contribution in [1.29, 1.82) is 0 Å². The van der Waals surface area contributed by atoms with Crippen LogP contribution in [0.25, 0.3) is 0 Å². The number of hydrogen-bond acceptors (Lipinski definition) is 5. The largest absolute Gasteiger partial charge is 0.491 e. The highest BCUT2D eigenvalue weighted by Crippen LogP contribution is 2.30. The molecule has 0 saturated carbocycles. The number of benzene rings is 1. The van der Waals surface area contributed by atoms with Crippen LogP contribution in [-0.4, -0.2) is 40.1 Å². The van der Waals surface area contributed by atoms with Gasteiger partial charge in [0, 0.05) is 32.5 Å². The molecule has 0 aromatic heterocycles. The van der Waals surface area contributed by atoms with Gasteiger partial charge < -0.3 is 24.7 Å². The summed E-state index contributed by atoms with van der Waals surface area (Å²) in [6.45, 7) is 4.22. The van der Waals surface area contributed by atoms with E-state index in [1.807, 2.05) is 0 Å². The van der Waals surface area contributed by atoms with Crippen LogP contribution in [0.5, 0.6) is 11.5 Å². The number of rotatable bonds is 10. The Kier molecular flexibility index (Phi) is 7.75. The summed E-state index contributed by atoms with van der Waals surface area (Å²) in [7, 11) is 1.65. The van der Waals surface area contributed by atoms with Crippen molar-refractivity contribution in [3.05, 3.63) is 17.9 Å². The molecule has 0 aliphatic rings. The average molecular weight is 287 g/mol. The van der Waals surface area contributed by atoms with E-state index in [1.54, 1.807) is 14.0 Å². The second kappa shape index (κ2) is 9.39. The molecule has 0 atom stereocenters. The molecule has 0 aliphatic heterocycles. The van der Waals surface area contributed by atoms with Gasteiger partial charge in [-0.3, -0.25) is 0 Å². The van der Waals surface area contributed by atoms with Crippen molar-refractivity contribution < 1.29 is 23.3 Å². The lowest BCUT2D eigenvalue weighted by atomic mass is 10.2. The summed E-state index contributed by atoms with van der Waals surface area (Å²) in [4.78, 5) is 0. The predicted molar refractivity (Wildman–Crippen MR) is 74.8 cm³/mol. The topological polar surface area (TPSA) is 62.9 Å². The first-order valence-corrected chi connectivity index (χ1v) is 6.60. The van der Waals surface area contributed by atoms with Crippen molar-refractivity contribution in [2.45, 2.75) is 13.3 Å². The van der Waals surface area contributed by atoms with Crippen LogP contribution in [0.3, 0.4) is 0 Å². The molecular formula is C14H22FNO4. The van der Waals surface area contributed by atoms with Gasteiger partial charge in [0.1, 0.15) is 12.4 Å². The number of nitrogen functional groups attached to an aromatic ring is 1. The van der Waals surface area contributed by atoms with Crippen molar-refractivity contribution >= 4 is 5.69 Å². The van der Waals surface area contributed by atoms with Crippen LogP contribution < -0.4 is 15.2 Å². The maximum Gasteiger partial charge on any atom is 0.167 e. The molecule has 1 rings (SSSR count). The zero-order valence-corrected chi connectivity index (χ0v) is 12.0. The lowest BCUT2D eigenvalue weighted by molar-refractivity contribution is 0.0807. The highest BCUT2D eigenvalue weighted by Gasteiger charge is 2.09. The fraction of sp³-hybridized carbons (Fsp3) is 0.571. The van der Waals surface area contributed by atoms with Crippen molar-refractivity contribution in [3.63, 3.8) is 0 Å². The van der Waals surface area contributed by atoms with Crippen LogP contribution in [0.1, 0.15) is 13.3 Å². The van der Waals surface area contributed by atoms with E-state index in [-0.39, 0.29) is 11.4 Å². The molecule has 2 N–H and O–H groups in total. The van der Waals surface area contributed by atoms with E-state index >= 15 is 0 Å². The molecular weight excluding hydrogens is 265 g/mol. The molecule has 0 bridgehead atoms. The van der Waals surface area contributed by atoms with Gasteiger partial charge in [0.2, 0.25) is 0 Å². The molecule has 1 aromatic carbocycles. The molecule has 1 aromatic rings. The summed E-state index contributed by atoms with van der Waals surface area (Å²) < 4.78 is 34.3. The molecule has 0 amide bonds. The molecule has 114 valence electrons. The van der Waals surface area contributed by atoms with Crippen molar-refractivity contribution in [2.75, 3.05) is 45.9 Å². The maximum atomic E-state index is 13.5. The van der Waals surface area contributed by atoms with Gasteiger partial charge in [0.25, 0.3) is 0 Å². The molecule has 0 radical (unpaired) electrons. The molecule has 0 fully saturated rings. The van der Waals surface area contributed by atoms with E-state index in [9.17, 15) is 4.39 Å². The van der Waals surface area contributed by atoms with E-state index in [4.69, 9.17) is 24.7 Å². The van der Waals surface area contributed by atoms with E-state index in [2.05, 4.69) is 0 Å². The first-order chi connectivity index (χ1) is 9.69. The SMILES string of the molecule is CCOc1cc(OCCOCCCOC)c(N)cc1F. The number of ether oxygens (including phenoxy) is 4. The normalized spacial score (nSPS) is 10.6. The second-order valence-electron chi connectivity index (χ2n) is 4.06. The van der Waals surface area contributed by atoms with Crippen LogP contribution in [0, 0.1) is 5.82 Å². The first-order valence-electron chi connectivity index (χ1n) is 6.60. The fourth-order valence-corrected chi connectivity index (χ4v) is 1.56. The molecule has 0 aliphatic carbocycles. The van der Waals surface area contributed by atoms with E-state index < -0.39 is 5.82 Å². The van der Waals surface area contributed by atoms with Gasteiger partial charge in [0.05, 0.1) is 18.9 Å². The van der Waals surface area contributed by atoms with Crippen molar-refractivity contribution in [1.82, 2.24) is 0 Å². The standard InChI is InChI=1S/C14H22FNO4/c1-3-19-13-10-14(12(16)9-11(13)15)20-8-7-18-6-4-5-17-2/h9-10H,3-8,16H2,1-2H3. The highest BCUT2D eigenvalue weighted by atomic mass is 19.1. The zero-order valence-electron chi connectivity index (χ0n) is 12.0. The number of methoxy groups -OCH3 is 1. The molecule has 0 unspecified atom stereocenters.